The van der Waals surface area contributed by atoms with E-state index in [4.69, 9.17) is 0 Å². The number of rotatable bonds is 6. The highest BCUT2D eigenvalue weighted by molar-refractivity contribution is 14.0. The van der Waals surface area contributed by atoms with E-state index in [1.807, 2.05) is 6.92 Å². The van der Waals surface area contributed by atoms with Crippen molar-refractivity contribution in [3.8, 4) is 0 Å². The van der Waals surface area contributed by atoms with Crippen molar-refractivity contribution in [1.82, 2.24) is 20.5 Å². The minimum absolute atomic E-state index is 0. The average molecular weight is 573 g/mol. The number of piperidine rings is 1. The first-order valence-corrected chi connectivity index (χ1v) is 11.4. The highest BCUT2D eigenvalue weighted by atomic mass is 127. The molecule has 0 radical (unpaired) electrons. The second-order valence-electron chi connectivity index (χ2n) is 7.04. The summed E-state index contributed by atoms with van der Waals surface area (Å²) in [5.74, 6) is 1.04. The molecule has 11 heteroatoms. The van der Waals surface area contributed by atoms with Gasteiger partial charge in [-0.2, -0.15) is 13.2 Å². The Morgan fingerprint density at radius 3 is 2.77 bits per heavy atom. The standard InChI is InChI=1S/C19H26F3N5S2.HI/c1-3-23-18(25-11-16-26-15(12-29-16)19(20,21)22)24-10-13-6-4-8-27(2)17(13)14-7-5-9-28-14;/h5,7,9,12-13,17H,3-4,6,8,10-11H2,1-2H3,(H2,23,24,25);1H. The second-order valence-corrected chi connectivity index (χ2v) is 8.97. The van der Waals surface area contributed by atoms with Gasteiger partial charge in [0.1, 0.15) is 5.01 Å². The van der Waals surface area contributed by atoms with Gasteiger partial charge < -0.3 is 10.6 Å². The number of thiazole rings is 1. The topological polar surface area (TPSA) is 52.6 Å². The monoisotopic (exact) mass is 573 g/mol. The number of nitrogens with zero attached hydrogens (tertiary/aromatic N) is 3. The predicted octanol–water partition coefficient (Wildman–Crippen LogP) is 4.98. The van der Waals surface area contributed by atoms with E-state index >= 15 is 0 Å². The highest BCUT2D eigenvalue weighted by Gasteiger charge is 2.34. The molecule has 1 fully saturated rings. The third-order valence-corrected chi connectivity index (χ3v) is 6.71. The van der Waals surface area contributed by atoms with Crippen molar-refractivity contribution in [2.45, 2.75) is 38.5 Å². The fraction of sp³-hybridized carbons (Fsp3) is 0.579. The molecule has 2 aromatic heterocycles. The molecular formula is C19H27F3IN5S2. The van der Waals surface area contributed by atoms with Crippen LogP contribution in [0.15, 0.2) is 27.9 Å². The molecule has 2 N–H and O–H groups in total. The van der Waals surface area contributed by atoms with E-state index in [0.717, 1.165) is 42.6 Å². The zero-order valence-electron chi connectivity index (χ0n) is 16.9. The summed E-state index contributed by atoms with van der Waals surface area (Å²) in [4.78, 5) is 11.8. The van der Waals surface area contributed by atoms with Crippen molar-refractivity contribution < 1.29 is 13.2 Å². The minimum atomic E-state index is -4.41. The van der Waals surface area contributed by atoms with Gasteiger partial charge in [0.15, 0.2) is 11.7 Å². The number of nitrogens with one attached hydrogen (secondary N) is 2. The maximum absolute atomic E-state index is 12.7. The minimum Gasteiger partial charge on any atom is -0.357 e. The van der Waals surface area contributed by atoms with Gasteiger partial charge in [0.05, 0.1) is 6.54 Å². The maximum Gasteiger partial charge on any atom is 0.434 e. The fourth-order valence-electron chi connectivity index (χ4n) is 3.61. The number of aliphatic imine (C=N–C) groups is 1. The van der Waals surface area contributed by atoms with E-state index in [-0.39, 0.29) is 30.5 Å². The molecule has 3 heterocycles. The van der Waals surface area contributed by atoms with Crippen molar-refractivity contribution in [2.24, 2.45) is 10.9 Å². The SMILES string of the molecule is CCNC(=NCc1nc(C(F)(F)F)cs1)NCC1CCCN(C)C1c1cccs1.I. The Balaban J connectivity index is 0.00000320. The van der Waals surface area contributed by atoms with E-state index in [2.05, 4.69) is 50.1 Å². The molecular weight excluding hydrogens is 546 g/mol. The molecule has 0 aromatic carbocycles. The van der Waals surface area contributed by atoms with Crippen LogP contribution in [0.2, 0.25) is 0 Å². The summed E-state index contributed by atoms with van der Waals surface area (Å²) in [6.07, 6.45) is -2.14. The lowest BCUT2D eigenvalue weighted by Crippen LogP contribution is -2.44. The summed E-state index contributed by atoms with van der Waals surface area (Å²) in [5.41, 5.74) is -0.852. The molecule has 0 aliphatic carbocycles. The summed E-state index contributed by atoms with van der Waals surface area (Å²) in [6, 6.07) is 4.64. The van der Waals surface area contributed by atoms with Gasteiger partial charge in [0, 0.05) is 29.4 Å². The zero-order valence-corrected chi connectivity index (χ0v) is 20.9. The van der Waals surface area contributed by atoms with Crippen LogP contribution < -0.4 is 10.6 Å². The Bertz CT molecular complexity index is 794. The van der Waals surface area contributed by atoms with Crippen molar-refractivity contribution in [2.75, 3.05) is 26.7 Å². The van der Waals surface area contributed by atoms with Gasteiger partial charge >= 0.3 is 6.18 Å². The van der Waals surface area contributed by atoms with Crippen LogP contribution in [0.1, 0.15) is 41.4 Å². The normalized spacial score (nSPS) is 20.6. The number of aromatic nitrogens is 1. The summed E-state index contributed by atoms with van der Waals surface area (Å²) >= 11 is 2.76. The first-order valence-electron chi connectivity index (χ1n) is 9.66. The van der Waals surface area contributed by atoms with Gasteiger partial charge in [-0.25, -0.2) is 9.98 Å². The van der Waals surface area contributed by atoms with E-state index in [1.165, 1.54) is 4.88 Å². The number of halogens is 4. The van der Waals surface area contributed by atoms with Crippen LogP contribution in [0.4, 0.5) is 13.2 Å². The average Bonchev–Trinajstić information content (AvgIpc) is 3.35. The lowest BCUT2D eigenvalue weighted by atomic mass is 9.88. The Morgan fingerprint density at radius 1 is 1.33 bits per heavy atom. The molecule has 0 spiro atoms. The van der Waals surface area contributed by atoms with Gasteiger partial charge in [-0.15, -0.1) is 46.7 Å². The first kappa shape index (κ1) is 25.3. The van der Waals surface area contributed by atoms with E-state index in [0.29, 0.717) is 29.5 Å². The van der Waals surface area contributed by atoms with Gasteiger partial charge in [-0.3, -0.25) is 4.90 Å². The number of alkyl halides is 3. The van der Waals surface area contributed by atoms with Crippen molar-refractivity contribution >= 4 is 52.6 Å². The number of hydrogen-bond donors (Lipinski definition) is 2. The molecule has 5 nitrogen and oxygen atoms in total. The number of thiophene rings is 1. The molecule has 2 aromatic rings. The number of hydrogen-bond acceptors (Lipinski definition) is 5. The second kappa shape index (κ2) is 11.6. The summed E-state index contributed by atoms with van der Waals surface area (Å²) < 4.78 is 38.1. The molecule has 0 amide bonds. The fourth-order valence-corrected chi connectivity index (χ4v) is 5.32. The molecule has 1 aliphatic heterocycles. The smallest absolute Gasteiger partial charge is 0.357 e. The van der Waals surface area contributed by atoms with Crippen LogP contribution in [-0.4, -0.2) is 42.5 Å². The van der Waals surface area contributed by atoms with Crippen LogP contribution in [0.5, 0.6) is 0 Å². The van der Waals surface area contributed by atoms with Crippen LogP contribution >= 0.6 is 46.7 Å². The van der Waals surface area contributed by atoms with Crippen LogP contribution in [0.25, 0.3) is 0 Å². The van der Waals surface area contributed by atoms with Crippen LogP contribution in [-0.2, 0) is 12.7 Å². The summed E-state index contributed by atoms with van der Waals surface area (Å²) in [5, 5.41) is 10.0. The third kappa shape index (κ3) is 6.79. The number of likely N-dealkylation sites (tertiary alicyclic amines) is 1. The number of guanidine groups is 1. The molecule has 0 saturated carbocycles. The zero-order chi connectivity index (χ0) is 20.9. The molecule has 30 heavy (non-hydrogen) atoms. The van der Waals surface area contributed by atoms with E-state index in [9.17, 15) is 13.2 Å². The van der Waals surface area contributed by atoms with E-state index < -0.39 is 11.9 Å². The van der Waals surface area contributed by atoms with Gasteiger partial charge in [0.2, 0.25) is 0 Å². The first-order chi connectivity index (χ1) is 13.9. The molecule has 168 valence electrons. The Hall–Kier alpha value is -0.920. The van der Waals surface area contributed by atoms with Crippen molar-refractivity contribution in [1.29, 1.82) is 0 Å². The highest BCUT2D eigenvalue weighted by Crippen LogP contribution is 2.36. The molecule has 2 unspecified atom stereocenters. The molecule has 1 saturated heterocycles. The van der Waals surface area contributed by atoms with Gasteiger partial charge in [-0.05, 0) is 50.7 Å². The van der Waals surface area contributed by atoms with E-state index in [1.54, 1.807) is 11.3 Å². The predicted molar refractivity (Wildman–Crippen MR) is 128 cm³/mol. The third-order valence-electron chi connectivity index (χ3n) is 4.93. The van der Waals surface area contributed by atoms with Crippen molar-refractivity contribution in [3.63, 3.8) is 0 Å². The van der Waals surface area contributed by atoms with Crippen LogP contribution in [0.3, 0.4) is 0 Å². The lowest BCUT2D eigenvalue weighted by Gasteiger charge is -2.39. The maximum atomic E-state index is 12.7. The molecule has 1 aliphatic rings. The van der Waals surface area contributed by atoms with Gasteiger partial charge in [0.25, 0.3) is 0 Å². The lowest BCUT2D eigenvalue weighted by molar-refractivity contribution is -0.140. The summed E-state index contributed by atoms with van der Waals surface area (Å²) in [7, 11) is 2.16. The largest absolute Gasteiger partial charge is 0.434 e. The molecule has 0 bridgehead atoms. The van der Waals surface area contributed by atoms with Crippen LogP contribution in [0, 0.1) is 5.92 Å². The Morgan fingerprint density at radius 2 is 2.13 bits per heavy atom. The molecule has 2 atom stereocenters. The van der Waals surface area contributed by atoms with Gasteiger partial charge in [-0.1, -0.05) is 6.07 Å². The Labute approximate surface area is 200 Å². The Kier molecular flexibility index (Phi) is 9.82. The molecule has 3 rings (SSSR count). The quantitative estimate of drug-likeness (QED) is 0.291. The summed E-state index contributed by atoms with van der Waals surface area (Å²) in [6.45, 7) is 4.60. The van der Waals surface area contributed by atoms with Crippen molar-refractivity contribution in [3.05, 3.63) is 38.5 Å².